The van der Waals surface area contributed by atoms with Gasteiger partial charge in [0.2, 0.25) is 0 Å². The summed E-state index contributed by atoms with van der Waals surface area (Å²) in [4.78, 5) is 18.1. The van der Waals surface area contributed by atoms with Crippen LogP contribution in [0.15, 0.2) is 114 Å². The van der Waals surface area contributed by atoms with Crippen molar-refractivity contribution in [2.24, 2.45) is 4.99 Å². The van der Waals surface area contributed by atoms with E-state index in [1.165, 1.54) is 5.56 Å². The lowest BCUT2D eigenvalue weighted by atomic mass is 9.94. The second kappa shape index (κ2) is 10.8. The Labute approximate surface area is 232 Å². The smallest absolute Gasteiger partial charge is 0.199 e. The molecule has 39 heavy (non-hydrogen) atoms. The summed E-state index contributed by atoms with van der Waals surface area (Å²) in [7, 11) is 0. The largest absolute Gasteiger partial charge is 0.298 e. The number of H-pyrrole nitrogens is 1. The van der Waals surface area contributed by atoms with E-state index in [1.807, 2.05) is 60.5 Å². The van der Waals surface area contributed by atoms with Gasteiger partial charge in [-0.25, -0.2) is 9.98 Å². The molecule has 0 amide bonds. The lowest BCUT2D eigenvalue weighted by Crippen LogP contribution is -2.44. The quantitative estimate of drug-likeness (QED) is 0.287. The Morgan fingerprint density at radius 2 is 1.79 bits per heavy atom. The minimum Gasteiger partial charge on any atom is -0.298 e. The number of nitrogens with one attached hydrogen (secondary N) is 1. The first kappa shape index (κ1) is 25.0. The van der Waals surface area contributed by atoms with Crippen molar-refractivity contribution in [1.82, 2.24) is 30.0 Å². The third-order valence-electron chi connectivity index (χ3n) is 6.96. The van der Waals surface area contributed by atoms with Gasteiger partial charge in [-0.1, -0.05) is 84.9 Å². The molecule has 194 valence electrons. The molecule has 0 radical (unpaired) electrons. The maximum atomic E-state index is 6.45. The van der Waals surface area contributed by atoms with Crippen molar-refractivity contribution in [3.63, 3.8) is 0 Å². The molecule has 0 atom stereocenters. The average Bonchev–Trinajstić information content (AvgIpc) is 3.45. The third-order valence-corrected chi connectivity index (χ3v) is 7.36. The van der Waals surface area contributed by atoms with Crippen molar-refractivity contribution in [3.8, 4) is 11.5 Å². The molecule has 7 nitrogen and oxygen atoms in total. The lowest BCUT2D eigenvalue weighted by molar-refractivity contribution is 0.135. The van der Waals surface area contributed by atoms with Crippen molar-refractivity contribution >= 4 is 22.9 Å². The topological polar surface area (TPSA) is 73.3 Å². The van der Waals surface area contributed by atoms with Crippen molar-refractivity contribution in [3.05, 3.63) is 131 Å². The van der Waals surface area contributed by atoms with E-state index in [0.717, 1.165) is 53.6 Å². The van der Waals surface area contributed by atoms with Crippen LogP contribution in [0.25, 0.3) is 17.1 Å². The van der Waals surface area contributed by atoms with E-state index >= 15 is 0 Å². The summed E-state index contributed by atoms with van der Waals surface area (Å²) >= 11 is 6.45. The minimum atomic E-state index is 0.349. The number of aromatic nitrogens is 4. The maximum Gasteiger partial charge on any atom is 0.199 e. The van der Waals surface area contributed by atoms with Crippen LogP contribution in [0.1, 0.15) is 35.4 Å². The zero-order chi connectivity index (χ0) is 26.8. The monoisotopic (exact) mass is 533 g/mol. The van der Waals surface area contributed by atoms with Crippen LogP contribution in [-0.4, -0.2) is 48.8 Å². The van der Waals surface area contributed by atoms with Crippen molar-refractivity contribution in [1.29, 1.82) is 0 Å². The number of aromatic amines is 1. The predicted molar refractivity (Wildman–Crippen MR) is 156 cm³/mol. The molecular formula is C31H28ClN7. The van der Waals surface area contributed by atoms with E-state index in [0.29, 0.717) is 22.7 Å². The lowest BCUT2D eigenvalue weighted by Gasteiger charge is -2.38. The Hall–Kier alpha value is -4.33. The number of allylic oxidation sites excluding steroid dienone is 2. The van der Waals surface area contributed by atoms with E-state index in [2.05, 4.69) is 68.0 Å². The molecule has 1 saturated heterocycles. The van der Waals surface area contributed by atoms with E-state index in [-0.39, 0.29) is 0 Å². The maximum absolute atomic E-state index is 6.45. The standard InChI is InChI=1S/C31H28ClN7/c1-3-28(32)39-20-26(23-9-5-4-6-10-23)29(34-21(39)2)24-14-12-22(13-15-24)17-38-18-25(19-38)30-35-31(37-36-30)27-11-7-8-16-33-27/h3-16,20,25H,2,17-19H2,1H3,(H,35,36,37)/b28-3-. The van der Waals surface area contributed by atoms with Crippen LogP contribution in [0.4, 0.5) is 0 Å². The highest BCUT2D eigenvalue weighted by molar-refractivity contribution is 6.33. The van der Waals surface area contributed by atoms with Crippen LogP contribution in [-0.2, 0) is 6.54 Å². The molecule has 0 unspecified atom stereocenters. The zero-order valence-electron chi connectivity index (χ0n) is 21.6. The van der Waals surface area contributed by atoms with Crippen molar-refractivity contribution in [2.45, 2.75) is 19.4 Å². The van der Waals surface area contributed by atoms with Crippen LogP contribution in [0.2, 0.25) is 0 Å². The van der Waals surface area contributed by atoms with E-state index < -0.39 is 0 Å². The second-order valence-corrected chi connectivity index (χ2v) is 10.0. The Morgan fingerprint density at radius 3 is 2.51 bits per heavy atom. The molecule has 6 rings (SSSR count). The van der Waals surface area contributed by atoms with Gasteiger partial charge in [-0.3, -0.25) is 19.9 Å². The number of hydrogen-bond acceptors (Lipinski definition) is 6. The van der Waals surface area contributed by atoms with Gasteiger partial charge in [0.25, 0.3) is 0 Å². The van der Waals surface area contributed by atoms with Gasteiger partial charge >= 0.3 is 0 Å². The van der Waals surface area contributed by atoms with E-state index in [1.54, 1.807) is 6.20 Å². The molecule has 4 heterocycles. The predicted octanol–water partition coefficient (Wildman–Crippen LogP) is 6.18. The van der Waals surface area contributed by atoms with Gasteiger partial charge < -0.3 is 0 Å². The molecule has 4 aromatic rings. The first-order chi connectivity index (χ1) is 19.1. The summed E-state index contributed by atoms with van der Waals surface area (Å²) in [6, 6.07) is 24.6. The molecule has 2 aliphatic rings. The number of nitrogens with zero attached hydrogens (tertiary/aromatic N) is 6. The minimum absolute atomic E-state index is 0.349. The summed E-state index contributed by atoms with van der Waals surface area (Å²) in [6.45, 7) is 8.79. The molecule has 1 fully saturated rings. The van der Waals surface area contributed by atoms with Crippen molar-refractivity contribution < 1.29 is 0 Å². The Morgan fingerprint density at radius 1 is 1.03 bits per heavy atom. The molecule has 0 saturated carbocycles. The highest BCUT2D eigenvalue weighted by Gasteiger charge is 2.31. The van der Waals surface area contributed by atoms with E-state index in [9.17, 15) is 0 Å². The van der Waals surface area contributed by atoms with Gasteiger partial charge in [-0.05, 0) is 30.2 Å². The molecule has 2 aromatic heterocycles. The first-order valence-corrected chi connectivity index (χ1v) is 13.3. The second-order valence-electron chi connectivity index (χ2n) is 9.61. The van der Waals surface area contributed by atoms with Crippen LogP contribution in [0, 0.1) is 0 Å². The van der Waals surface area contributed by atoms with E-state index in [4.69, 9.17) is 16.6 Å². The summed E-state index contributed by atoms with van der Waals surface area (Å²) in [5, 5.41) is 8.02. The number of aliphatic imine (C=N–C) groups is 1. The summed E-state index contributed by atoms with van der Waals surface area (Å²) in [5.41, 5.74) is 6.03. The first-order valence-electron chi connectivity index (χ1n) is 12.9. The Bertz CT molecular complexity index is 1560. The van der Waals surface area contributed by atoms with Crippen LogP contribution in [0.3, 0.4) is 0 Å². The van der Waals surface area contributed by atoms with Gasteiger partial charge in [-0.2, -0.15) is 5.10 Å². The van der Waals surface area contributed by atoms with Crippen LogP contribution >= 0.6 is 11.6 Å². The third kappa shape index (κ3) is 5.19. The van der Waals surface area contributed by atoms with Gasteiger partial charge in [0.05, 0.1) is 5.71 Å². The SMILES string of the molecule is C=C1N=C(c2ccc(CN3CC(c4nc(-c5ccccn5)n[nH]4)C3)cc2)C(c2ccccc2)=CN1/C(Cl)=C\C. The van der Waals surface area contributed by atoms with Crippen LogP contribution in [0.5, 0.6) is 0 Å². The highest BCUT2D eigenvalue weighted by Crippen LogP contribution is 2.32. The normalized spacial score (nSPS) is 16.6. The van der Waals surface area contributed by atoms with Gasteiger partial charge in [0.15, 0.2) is 5.82 Å². The van der Waals surface area contributed by atoms with Crippen LogP contribution < -0.4 is 0 Å². The van der Waals surface area contributed by atoms with Crippen molar-refractivity contribution in [2.75, 3.05) is 13.1 Å². The fraction of sp³-hybridized carbons (Fsp3) is 0.161. The fourth-order valence-corrected chi connectivity index (χ4v) is 4.99. The van der Waals surface area contributed by atoms with Gasteiger partial charge in [0.1, 0.15) is 22.5 Å². The number of pyridine rings is 1. The molecule has 8 heteroatoms. The number of benzene rings is 2. The Balaban J connectivity index is 1.14. The number of likely N-dealkylation sites (tertiary alicyclic amines) is 1. The summed E-state index contributed by atoms with van der Waals surface area (Å²) in [5.74, 6) is 2.50. The molecule has 2 aromatic carbocycles. The molecule has 2 aliphatic heterocycles. The molecule has 0 bridgehead atoms. The molecule has 0 spiro atoms. The number of hydrogen-bond donors (Lipinski definition) is 1. The highest BCUT2D eigenvalue weighted by atomic mass is 35.5. The average molecular weight is 534 g/mol. The zero-order valence-corrected chi connectivity index (χ0v) is 22.4. The fourth-order valence-electron chi connectivity index (χ4n) is 4.85. The summed E-state index contributed by atoms with van der Waals surface area (Å²) < 4.78 is 0. The molecule has 0 aliphatic carbocycles. The number of halogens is 1. The Kier molecular flexibility index (Phi) is 6.92. The summed E-state index contributed by atoms with van der Waals surface area (Å²) in [6.07, 6.45) is 5.61. The van der Waals surface area contributed by atoms with Gasteiger partial charge in [0, 0.05) is 49.1 Å². The molecule has 1 N–H and O–H groups in total. The molecular weight excluding hydrogens is 506 g/mol. The number of rotatable bonds is 7. The van der Waals surface area contributed by atoms with Gasteiger partial charge in [-0.15, -0.1) is 0 Å².